The summed E-state index contributed by atoms with van der Waals surface area (Å²) in [5.41, 5.74) is 0.180. The van der Waals surface area contributed by atoms with Gasteiger partial charge < -0.3 is 14.2 Å². The number of epoxide rings is 1. The molecule has 1 aliphatic heterocycles. The van der Waals surface area contributed by atoms with Crippen molar-refractivity contribution in [3.8, 4) is 5.75 Å². The van der Waals surface area contributed by atoms with Gasteiger partial charge in [-0.1, -0.05) is 6.07 Å². The summed E-state index contributed by atoms with van der Waals surface area (Å²) < 4.78 is 43.1. The van der Waals surface area contributed by atoms with E-state index >= 15 is 0 Å². The van der Waals surface area contributed by atoms with Crippen molar-refractivity contribution in [1.82, 2.24) is 0 Å². The van der Waals surface area contributed by atoms with Gasteiger partial charge in [0.05, 0.1) is 25.2 Å². The van der Waals surface area contributed by atoms with Gasteiger partial charge in [0.1, 0.15) is 6.10 Å². The molecule has 3 rings (SSSR count). The summed E-state index contributed by atoms with van der Waals surface area (Å²) in [7, 11) is 0. The fourth-order valence-corrected chi connectivity index (χ4v) is 2.77. The lowest BCUT2D eigenvalue weighted by atomic mass is 9.87. The summed E-state index contributed by atoms with van der Waals surface area (Å²) in [6.07, 6.45) is 3.15. The standard InChI is InChI=1S/C17H20F2O4/c1-10-2-7-14(16(19)15(10)18)23-17(20)11-3-5-12(6-4-11)21-8-13-9-22-13/h2,7,11-13H,3-6,8-9H2,1H3. The molecule has 1 unspecified atom stereocenters. The molecule has 0 radical (unpaired) electrons. The molecule has 0 spiro atoms. The van der Waals surface area contributed by atoms with Crippen molar-refractivity contribution in [2.24, 2.45) is 5.92 Å². The van der Waals surface area contributed by atoms with Crippen LogP contribution in [0.5, 0.6) is 5.75 Å². The molecule has 1 aliphatic carbocycles. The van der Waals surface area contributed by atoms with Crippen LogP contribution >= 0.6 is 0 Å². The monoisotopic (exact) mass is 326 g/mol. The molecule has 0 amide bonds. The molecular formula is C17H20F2O4. The van der Waals surface area contributed by atoms with Crippen LogP contribution in [0.15, 0.2) is 12.1 Å². The Labute approximate surface area is 133 Å². The van der Waals surface area contributed by atoms with E-state index in [1.807, 2.05) is 0 Å². The molecule has 1 heterocycles. The Morgan fingerprint density at radius 1 is 1.22 bits per heavy atom. The van der Waals surface area contributed by atoms with Crippen molar-refractivity contribution in [2.45, 2.75) is 44.8 Å². The predicted octanol–water partition coefficient (Wildman–Crippen LogP) is 3.15. The van der Waals surface area contributed by atoms with Crippen molar-refractivity contribution >= 4 is 5.97 Å². The minimum absolute atomic E-state index is 0.136. The van der Waals surface area contributed by atoms with Gasteiger partial charge in [-0.05, 0) is 44.2 Å². The Kier molecular flexibility index (Phi) is 4.92. The molecule has 1 aromatic carbocycles. The molecule has 6 heteroatoms. The third kappa shape index (κ3) is 4.06. The van der Waals surface area contributed by atoms with Gasteiger partial charge in [0.2, 0.25) is 5.82 Å². The quantitative estimate of drug-likeness (QED) is 0.474. The number of rotatable bonds is 5. The second-order valence-electron chi connectivity index (χ2n) is 6.19. The molecule has 1 saturated heterocycles. The van der Waals surface area contributed by atoms with Gasteiger partial charge in [-0.15, -0.1) is 0 Å². The highest BCUT2D eigenvalue weighted by Gasteiger charge is 2.31. The Morgan fingerprint density at radius 2 is 1.91 bits per heavy atom. The van der Waals surface area contributed by atoms with Gasteiger partial charge in [-0.2, -0.15) is 4.39 Å². The zero-order chi connectivity index (χ0) is 16.4. The number of aryl methyl sites for hydroxylation is 1. The van der Waals surface area contributed by atoms with Crippen molar-refractivity contribution in [2.75, 3.05) is 13.2 Å². The van der Waals surface area contributed by atoms with E-state index < -0.39 is 17.6 Å². The lowest BCUT2D eigenvalue weighted by Crippen LogP contribution is -2.29. The first-order valence-electron chi connectivity index (χ1n) is 7.94. The summed E-state index contributed by atoms with van der Waals surface area (Å²) in [6.45, 7) is 2.83. The molecule has 0 N–H and O–H groups in total. The Morgan fingerprint density at radius 3 is 2.57 bits per heavy atom. The summed E-state index contributed by atoms with van der Waals surface area (Å²) in [4.78, 5) is 12.1. The summed E-state index contributed by atoms with van der Waals surface area (Å²) in [6, 6.07) is 2.68. The maximum Gasteiger partial charge on any atom is 0.314 e. The minimum Gasteiger partial charge on any atom is -0.423 e. The second-order valence-corrected chi connectivity index (χ2v) is 6.19. The first-order chi connectivity index (χ1) is 11.0. The van der Waals surface area contributed by atoms with E-state index in [1.165, 1.54) is 19.1 Å². The van der Waals surface area contributed by atoms with Gasteiger partial charge in [0.15, 0.2) is 11.6 Å². The molecular weight excluding hydrogens is 306 g/mol. The fraction of sp³-hybridized carbons (Fsp3) is 0.588. The zero-order valence-electron chi connectivity index (χ0n) is 13.0. The topological polar surface area (TPSA) is 48.1 Å². The third-order valence-corrected chi connectivity index (χ3v) is 4.38. The summed E-state index contributed by atoms with van der Waals surface area (Å²) in [5, 5.41) is 0. The average molecular weight is 326 g/mol. The molecule has 1 aromatic rings. The van der Waals surface area contributed by atoms with E-state index in [0.717, 1.165) is 19.4 Å². The number of carbonyl (C=O) groups is 1. The van der Waals surface area contributed by atoms with Crippen molar-refractivity contribution in [3.05, 3.63) is 29.3 Å². The second kappa shape index (κ2) is 6.93. The van der Waals surface area contributed by atoms with E-state index in [1.54, 1.807) is 0 Å². The molecule has 23 heavy (non-hydrogen) atoms. The van der Waals surface area contributed by atoms with Crippen molar-refractivity contribution < 1.29 is 27.8 Å². The Bertz CT molecular complexity index is 578. The average Bonchev–Trinajstić information content (AvgIpc) is 3.38. The van der Waals surface area contributed by atoms with Crippen LogP contribution in [0.1, 0.15) is 31.2 Å². The maximum absolute atomic E-state index is 13.7. The first kappa shape index (κ1) is 16.3. The number of hydrogen-bond acceptors (Lipinski definition) is 4. The van der Waals surface area contributed by atoms with E-state index in [2.05, 4.69) is 0 Å². The Balaban J connectivity index is 1.50. The van der Waals surface area contributed by atoms with Crippen LogP contribution in [-0.2, 0) is 14.3 Å². The molecule has 0 bridgehead atoms. The zero-order valence-corrected chi connectivity index (χ0v) is 13.0. The lowest BCUT2D eigenvalue weighted by Gasteiger charge is -2.27. The van der Waals surface area contributed by atoms with Crippen LogP contribution in [0, 0.1) is 24.5 Å². The van der Waals surface area contributed by atoms with Crippen molar-refractivity contribution in [3.63, 3.8) is 0 Å². The maximum atomic E-state index is 13.7. The number of hydrogen-bond donors (Lipinski definition) is 0. The number of carbonyl (C=O) groups excluding carboxylic acids is 1. The molecule has 1 saturated carbocycles. The predicted molar refractivity (Wildman–Crippen MR) is 78.2 cm³/mol. The number of benzene rings is 1. The van der Waals surface area contributed by atoms with Gasteiger partial charge in [0, 0.05) is 0 Å². The highest BCUT2D eigenvalue weighted by atomic mass is 19.2. The first-order valence-corrected chi connectivity index (χ1v) is 7.94. The summed E-state index contributed by atoms with van der Waals surface area (Å²) >= 11 is 0. The molecule has 2 aliphatic rings. The fourth-order valence-electron chi connectivity index (χ4n) is 2.77. The SMILES string of the molecule is Cc1ccc(OC(=O)C2CCC(OCC3CO3)CC2)c(F)c1F. The normalized spacial score (nSPS) is 26.8. The number of halogens is 2. The number of esters is 1. The van der Waals surface area contributed by atoms with E-state index in [4.69, 9.17) is 14.2 Å². The van der Waals surface area contributed by atoms with Gasteiger partial charge in [-0.25, -0.2) is 4.39 Å². The van der Waals surface area contributed by atoms with Gasteiger partial charge >= 0.3 is 5.97 Å². The van der Waals surface area contributed by atoms with E-state index in [-0.39, 0.29) is 29.4 Å². The van der Waals surface area contributed by atoms with Gasteiger partial charge in [0.25, 0.3) is 0 Å². The van der Waals surface area contributed by atoms with Crippen LogP contribution in [0.4, 0.5) is 8.78 Å². The van der Waals surface area contributed by atoms with Crippen molar-refractivity contribution in [1.29, 1.82) is 0 Å². The smallest absolute Gasteiger partial charge is 0.314 e. The van der Waals surface area contributed by atoms with Crippen LogP contribution in [0.25, 0.3) is 0 Å². The van der Waals surface area contributed by atoms with Crippen LogP contribution < -0.4 is 4.74 Å². The Hall–Kier alpha value is -1.53. The lowest BCUT2D eigenvalue weighted by molar-refractivity contribution is -0.141. The molecule has 4 nitrogen and oxygen atoms in total. The highest BCUT2D eigenvalue weighted by molar-refractivity contribution is 5.75. The highest BCUT2D eigenvalue weighted by Crippen LogP contribution is 2.30. The number of ether oxygens (including phenoxy) is 3. The van der Waals surface area contributed by atoms with Crippen LogP contribution in [0.3, 0.4) is 0 Å². The van der Waals surface area contributed by atoms with Crippen LogP contribution in [0.2, 0.25) is 0 Å². The third-order valence-electron chi connectivity index (χ3n) is 4.38. The molecule has 0 aromatic heterocycles. The van der Waals surface area contributed by atoms with Crippen LogP contribution in [-0.4, -0.2) is 31.4 Å². The molecule has 1 atom stereocenters. The summed E-state index contributed by atoms with van der Waals surface area (Å²) in [5.74, 6) is -3.23. The molecule has 126 valence electrons. The van der Waals surface area contributed by atoms with E-state index in [9.17, 15) is 13.6 Å². The minimum atomic E-state index is -1.11. The largest absolute Gasteiger partial charge is 0.423 e. The van der Waals surface area contributed by atoms with E-state index in [0.29, 0.717) is 19.4 Å². The molecule has 2 fully saturated rings. The van der Waals surface area contributed by atoms with Gasteiger partial charge in [-0.3, -0.25) is 4.79 Å².